The lowest BCUT2D eigenvalue weighted by Crippen LogP contribution is -2.30. The molecule has 1 unspecified atom stereocenters. The molecule has 0 bridgehead atoms. The molecule has 1 saturated heterocycles. The van der Waals surface area contributed by atoms with E-state index >= 15 is 0 Å². The molecule has 1 fully saturated rings. The smallest absolute Gasteiger partial charge is 0.152 e. The standard InChI is InChI=1S/C13H16ClNO2/c1-10-8-15(5-2-6-17-10)13-4-3-12(14)7-11(13)9-16/h3-4,7,9-10H,2,5-6,8H2,1H3. The Hall–Kier alpha value is -1.06. The molecule has 1 aliphatic rings. The molecule has 0 amide bonds. The van der Waals surface area contributed by atoms with E-state index in [1.54, 1.807) is 6.07 Å². The minimum absolute atomic E-state index is 0.188. The molecule has 0 aliphatic carbocycles. The number of halogens is 1. The van der Waals surface area contributed by atoms with Crippen molar-refractivity contribution in [1.82, 2.24) is 0 Å². The summed E-state index contributed by atoms with van der Waals surface area (Å²) in [5, 5.41) is 0.593. The summed E-state index contributed by atoms with van der Waals surface area (Å²) in [7, 11) is 0. The van der Waals surface area contributed by atoms with Gasteiger partial charge in [0.2, 0.25) is 0 Å². The van der Waals surface area contributed by atoms with Gasteiger partial charge in [-0.2, -0.15) is 0 Å². The predicted molar refractivity (Wildman–Crippen MR) is 69.1 cm³/mol. The van der Waals surface area contributed by atoms with E-state index in [-0.39, 0.29) is 6.10 Å². The molecule has 0 spiro atoms. The third kappa shape index (κ3) is 2.99. The van der Waals surface area contributed by atoms with Crippen molar-refractivity contribution in [3.05, 3.63) is 28.8 Å². The second-order valence-corrected chi connectivity index (χ2v) is 4.74. The lowest BCUT2D eigenvalue weighted by molar-refractivity contribution is 0.0820. The van der Waals surface area contributed by atoms with Gasteiger partial charge in [0, 0.05) is 36.0 Å². The molecule has 1 heterocycles. The SMILES string of the molecule is CC1CN(c2ccc(Cl)cc2C=O)CCCO1. The van der Waals surface area contributed by atoms with Gasteiger partial charge in [-0.3, -0.25) is 4.79 Å². The number of rotatable bonds is 2. The van der Waals surface area contributed by atoms with Gasteiger partial charge in [-0.25, -0.2) is 0 Å². The monoisotopic (exact) mass is 253 g/mol. The van der Waals surface area contributed by atoms with Crippen LogP contribution in [0.2, 0.25) is 5.02 Å². The lowest BCUT2D eigenvalue weighted by atomic mass is 10.1. The zero-order valence-corrected chi connectivity index (χ0v) is 10.6. The topological polar surface area (TPSA) is 29.5 Å². The van der Waals surface area contributed by atoms with Gasteiger partial charge >= 0.3 is 0 Å². The second-order valence-electron chi connectivity index (χ2n) is 4.30. The summed E-state index contributed by atoms with van der Waals surface area (Å²) in [5.41, 5.74) is 1.59. The summed E-state index contributed by atoms with van der Waals surface area (Å²) in [6, 6.07) is 5.44. The molecule has 0 saturated carbocycles. The molecule has 1 aromatic carbocycles. The van der Waals surface area contributed by atoms with Gasteiger partial charge in [0.15, 0.2) is 6.29 Å². The number of carbonyl (C=O) groups is 1. The maximum atomic E-state index is 11.1. The first-order valence-corrected chi connectivity index (χ1v) is 6.20. The first kappa shape index (κ1) is 12.4. The van der Waals surface area contributed by atoms with Crippen LogP contribution in [-0.2, 0) is 4.74 Å². The highest BCUT2D eigenvalue weighted by Crippen LogP contribution is 2.24. The fraction of sp³-hybridized carbons (Fsp3) is 0.462. The molecule has 92 valence electrons. The highest BCUT2D eigenvalue weighted by atomic mass is 35.5. The number of hydrogen-bond acceptors (Lipinski definition) is 3. The predicted octanol–water partition coefficient (Wildman–Crippen LogP) is 2.77. The van der Waals surface area contributed by atoms with E-state index in [1.165, 1.54) is 0 Å². The van der Waals surface area contributed by atoms with Crippen LogP contribution in [0.4, 0.5) is 5.69 Å². The average molecular weight is 254 g/mol. The quantitative estimate of drug-likeness (QED) is 0.759. The Balaban J connectivity index is 2.28. The fourth-order valence-corrected chi connectivity index (χ4v) is 2.30. The van der Waals surface area contributed by atoms with E-state index in [4.69, 9.17) is 16.3 Å². The number of benzene rings is 1. The van der Waals surface area contributed by atoms with Crippen molar-refractivity contribution >= 4 is 23.6 Å². The molecule has 0 aromatic heterocycles. The van der Waals surface area contributed by atoms with Crippen LogP contribution in [0.3, 0.4) is 0 Å². The first-order valence-electron chi connectivity index (χ1n) is 5.82. The second kappa shape index (κ2) is 5.52. The molecule has 0 N–H and O–H groups in total. The number of carbonyl (C=O) groups excluding carboxylic acids is 1. The van der Waals surface area contributed by atoms with Crippen LogP contribution in [0.5, 0.6) is 0 Å². The van der Waals surface area contributed by atoms with Crippen LogP contribution in [0.25, 0.3) is 0 Å². The molecular formula is C13H16ClNO2. The Morgan fingerprint density at radius 3 is 3.12 bits per heavy atom. The summed E-state index contributed by atoms with van der Waals surface area (Å²) in [5.74, 6) is 0. The van der Waals surface area contributed by atoms with Gasteiger partial charge in [0.05, 0.1) is 6.10 Å². The molecule has 0 radical (unpaired) electrons. The third-order valence-electron chi connectivity index (χ3n) is 2.91. The number of aldehydes is 1. The summed E-state index contributed by atoms with van der Waals surface area (Å²) < 4.78 is 5.60. The van der Waals surface area contributed by atoms with Crippen LogP contribution < -0.4 is 4.90 Å². The van der Waals surface area contributed by atoms with Gasteiger partial charge in [0.25, 0.3) is 0 Å². The maximum absolute atomic E-state index is 11.1. The van der Waals surface area contributed by atoms with Crippen molar-refractivity contribution in [3.63, 3.8) is 0 Å². The van der Waals surface area contributed by atoms with Gasteiger partial charge in [0.1, 0.15) is 0 Å². The largest absolute Gasteiger partial charge is 0.377 e. The Labute approximate surface area is 106 Å². The molecule has 1 aromatic rings. The summed E-state index contributed by atoms with van der Waals surface area (Å²) in [6.45, 7) is 4.55. The molecular weight excluding hydrogens is 238 g/mol. The van der Waals surface area contributed by atoms with Crippen molar-refractivity contribution in [2.45, 2.75) is 19.4 Å². The highest BCUT2D eigenvalue weighted by Gasteiger charge is 2.17. The van der Waals surface area contributed by atoms with Crippen molar-refractivity contribution in [3.8, 4) is 0 Å². The minimum Gasteiger partial charge on any atom is -0.377 e. The number of ether oxygens (including phenoxy) is 1. The number of anilines is 1. The minimum atomic E-state index is 0.188. The Morgan fingerprint density at radius 1 is 1.53 bits per heavy atom. The Morgan fingerprint density at radius 2 is 2.35 bits per heavy atom. The van der Waals surface area contributed by atoms with Crippen LogP contribution in [-0.4, -0.2) is 32.1 Å². The van der Waals surface area contributed by atoms with Crippen LogP contribution in [0.1, 0.15) is 23.7 Å². The summed E-state index contributed by atoms with van der Waals surface area (Å²) in [4.78, 5) is 13.3. The first-order chi connectivity index (χ1) is 8.20. The van der Waals surface area contributed by atoms with E-state index in [1.807, 2.05) is 12.1 Å². The van der Waals surface area contributed by atoms with Crippen molar-refractivity contribution in [1.29, 1.82) is 0 Å². The molecule has 2 rings (SSSR count). The molecule has 3 nitrogen and oxygen atoms in total. The Bertz CT molecular complexity index is 408. The van der Waals surface area contributed by atoms with Gasteiger partial charge < -0.3 is 9.64 Å². The van der Waals surface area contributed by atoms with Gasteiger partial charge in [-0.05, 0) is 31.5 Å². The number of nitrogens with zero attached hydrogens (tertiary/aromatic N) is 1. The maximum Gasteiger partial charge on any atom is 0.152 e. The highest BCUT2D eigenvalue weighted by molar-refractivity contribution is 6.31. The molecule has 4 heteroatoms. The van der Waals surface area contributed by atoms with Gasteiger partial charge in [-0.15, -0.1) is 0 Å². The molecule has 17 heavy (non-hydrogen) atoms. The van der Waals surface area contributed by atoms with Crippen molar-refractivity contribution in [2.75, 3.05) is 24.6 Å². The molecule has 1 aliphatic heterocycles. The van der Waals surface area contributed by atoms with E-state index in [0.717, 1.165) is 38.1 Å². The van der Waals surface area contributed by atoms with Gasteiger partial charge in [-0.1, -0.05) is 11.6 Å². The summed E-state index contributed by atoms with van der Waals surface area (Å²) in [6.07, 6.45) is 2.02. The summed E-state index contributed by atoms with van der Waals surface area (Å²) >= 11 is 5.89. The van der Waals surface area contributed by atoms with E-state index in [0.29, 0.717) is 10.6 Å². The van der Waals surface area contributed by atoms with E-state index in [2.05, 4.69) is 11.8 Å². The van der Waals surface area contributed by atoms with E-state index in [9.17, 15) is 4.79 Å². The van der Waals surface area contributed by atoms with E-state index < -0.39 is 0 Å². The van der Waals surface area contributed by atoms with Crippen LogP contribution in [0, 0.1) is 0 Å². The molecule has 1 atom stereocenters. The zero-order chi connectivity index (χ0) is 12.3. The third-order valence-corrected chi connectivity index (χ3v) is 3.14. The van der Waals surface area contributed by atoms with Crippen LogP contribution in [0.15, 0.2) is 18.2 Å². The average Bonchev–Trinajstić information content (AvgIpc) is 2.53. The van der Waals surface area contributed by atoms with Crippen LogP contribution >= 0.6 is 11.6 Å². The Kier molecular flexibility index (Phi) is 4.02. The lowest BCUT2D eigenvalue weighted by Gasteiger charge is -2.25. The fourth-order valence-electron chi connectivity index (χ4n) is 2.12. The number of hydrogen-bond donors (Lipinski definition) is 0. The van der Waals surface area contributed by atoms with Crippen molar-refractivity contribution in [2.24, 2.45) is 0 Å². The zero-order valence-electron chi connectivity index (χ0n) is 9.86. The van der Waals surface area contributed by atoms with Crippen molar-refractivity contribution < 1.29 is 9.53 Å². The normalized spacial score (nSPS) is 21.1.